The number of aromatic nitrogens is 1. The van der Waals surface area contributed by atoms with E-state index in [1.165, 1.54) is 15.4 Å². The van der Waals surface area contributed by atoms with E-state index >= 15 is 0 Å². The molecule has 0 bridgehead atoms. The van der Waals surface area contributed by atoms with Crippen molar-refractivity contribution in [2.45, 2.75) is 13.8 Å². The first kappa shape index (κ1) is 7.84. The molecule has 2 N–H and O–H groups in total. The first-order valence-electron chi connectivity index (χ1n) is 3.80. The van der Waals surface area contributed by atoms with Crippen molar-refractivity contribution in [1.82, 2.24) is 4.98 Å². The average molecular weight is 225 g/mol. The Morgan fingerprint density at radius 2 is 1.92 bits per heavy atom. The predicted octanol–water partition coefficient (Wildman–Crippen LogP) is 1.49. The van der Waals surface area contributed by atoms with E-state index in [0.29, 0.717) is 0 Å². The van der Waals surface area contributed by atoms with Crippen molar-refractivity contribution in [2.24, 2.45) is 0 Å². The van der Waals surface area contributed by atoms with Crippen LogP contribution in [0.5, 0.6) is 0 Å². The Bertz CT molecular complexity index is 392. The van der Waals surface area contributed by atoms with Crippen LogP contribution in [-0.2, 0) is 0 Å². The predicted molar refractivity (Wildman–Crippen MR) is 52.6 cm³/mol. The number of nitrogens with two attached hydrogens (primary N) is 1. The van der Waals surface area contributed by atoms with E-state index in [4.69, 9.17) is 5.73 Å². The molecule has 1 aromatic carbocycles. The molecule has 0 saturated heterocycles. The second-order valence-electron chi connectivity index (χ2n) is 2.96. The number of benzene rings is 1. The van der Waals surface area contributed by atoms with Gasteiger partial charge in [0.15, 0.2) is 0 Å². The minimum atomic E-state index is 0.272. The topological polar surface area (TPSA) is 38.9 Å². The van der Waals surface area contributed by atoms with E-state index in [0.717, 1.165) is 10.2 Å². The molecular weight excluding hydrogens is 215 g/mol. The molecule has 0 radical (unpaired) electrons. The van der Waals surface area contributed by atoms with Gasteiger partial charge in [-0.05, 0) is 0 Å². The van der Waals surface area contributed by atoms with Gasteiger partial charge < -0.3 is 0 Å². The molecule has 0 amide bonds. The Balaban J connectivity index is 2.83. The fourth-order valence-electron chi connectivity index (χ4n) is 1.20. The molecule has 2 nitrogen and oxygen atoms in total. The molecule has 1 aromatic heterocycles. The van der Waals surface area contributed by atoms with Gasteiger partial charge in [-0.15, -0.1) is 0 Å². The molecule has 0 saturated carbocycles. The van der Waals surface area contributed by atoms with Crippen LogP contribution < -0.4 is 5.73 Å². The molecule has 0 atom stereocenters. The van der Waals surface area contributed by atoms with Crippen molar-refractivity contribution in [3.8, 4) is 0 Å². The molecule has 2 aromatic rings. The third-order valence-electron chi connectivity index (χ3n) is 2.02. The quantitative estimate of drug-likeness (QED) is 0.690. The molecular formula is C9H10N2Se. The van der Waals surface area contributed by atoms with Gasteiger partial charge in [-0.2, -0.15) is 0 Å². The average Bonchev–Trinajstić information content (AvgIpc) is 2.30. The first-order valence-corrected chi connectivity index (χ1v) is 5.51. The molecule has 0 unspecified atom stereocenters. The van der Waals surface area contributed by atoms with Crippen LogP contribution in [-0.4, -0.2) is 19.5 Å². The van der Waals surface area contributed by atoms with Gasteiger partial charge in [0, 0.05) is 0 Å². The normalized spacial score (nSPS) is 10.8. The second-order valence-corrected chi connectivity index (χ2v) is 5.18. The van der Waals surface area contributed by atoms with E-state index in [-0.39, 0.29) is 14.5 Å². The third kappa shape index (κ3) is 1.15. The van der Waals surface area contributed by atoms with Gasteiger partial charge >= 0.3 is 76.8 Å². The summed E-state index contributed by atoms with van der Waals surface area (Å²) in [6.45, 7) is 4.23. The monoisotopic (exact) mass is 226 g/mol. The van der Waals surface area contributed by atoms with E-state index in [1.807, 2.05) is 0 Å². The Kier molecular flexibility index (Phi) is 1.71. The first-order chi connectivity index (χ1) is 5.66. The Labute approximate surface area is 77.2 Å². The van der Waals surface area contributed by atoms with Gasteiger partial charge in [0.25, 0.3) is 0 Å². The number of hydrogen-bond donors (Lipinski definition) is 1. The third-order valence-corrected chi connectivity index (χ3v) is 3.80. The zero-order valence-electron chi connectivity index (χ0n) is 7.09. The summed E-state index contributed by atoms with van der Waals surface area (Å²) in [5.41, 5.74) is 9.37. The number of rotatable bonds is 0. The summed E-state index contributed by atoms with van der Waals surface area (Å²) in [6.07, 6.45) is 0. The number of aryl methyl sites for hydroxylation is 2. The van der Waals surface area contributed by atoms with Crippen LogP contribution in [0.3, 0.4) is 0 Å². The molecule has 0 aliphatic heterocycles. The zero-order chi connectivity index (χ0) is 8.72. The summed E-state index contributed by atoms with van der Waals surface area (Å²) in [5.74, 6) is 0. The summed E-state index contributed by atoms with van der Waals surface area (Å²) in [4.78, 5) is 4.28. The van der Waals surface area contributed by atoms with Gasteiger partial charge in [-0.3, -0.25) is 0 Å². The van der Waals surface area contributed by atoms with E-state index in [1.54, 1.807) is 0 Å². The van der Waals surface area contributed by atoms with E-state index < -0.39 is 0 Å². The molecule has 0 aliphatic carbocycles. The molecule has 0 aliphatic rings. The van der Waals surface area contributed by atoms with Crippen molar-refractivity contribution in [1.29, 1.82) is 0 Å². The van der Waals surface area contributed by atoms with Crippen molar-refractivity contribution in [3.63, 3.8) is 0 Å². The molecule has 1 heterocycles. The molecule has 3 heteroatoms. The second kappa shape index (κ2) is 2.61. The van der Waals surface area contributed by atoms with Crippen LogP contribution in [0.1, 0.15) is 11.1 Å². The van der Waals surface area contributed by atoms with Gasteiger partial charge in [0.1, 0.15) is 0 Å². The van der Waals surface area contributed by atoms with E-state index in [9.17, 15) is 0 Å². The fraction of sp³-hybridized carbons (Fsp3) is 0.222. The van der Waals surface area contributed by atoms with Crippen LogP contribution in [0.25, 0.3) is 9.78 Å². The van der Waals surface area contributed by atoms with Gasteiger partial charge in [-0.1, -0.05) is 0 Å². The molecule has 2 rings (SSSR count). The van der Waals surface area contributed by atoms with E-state index in [2.05, 4.69) is 31.0 Å². The molecule has 0 fully saturated rings. The molecule has 62 valence electrons. The van der Waals surface area contributed by atoms with Crippen LogP contribution in [0.15, 0.2) is 12.1 Å². The van der Waals surface area contributed by atoms with Gasteiger partial charge in [0.05, 0.1) is 0 Å². The number of nitrogens with zero attached hydrogens (tertiary/aromatic N) is 1. The van der Waals surface area contributed by atoms with Crippen LogP contribution in [0.2, 0.25) is 0 Å². The number of nitrogen functional groups attached to an aromatic ring is 1. The van der Waals surface area contributed by atoms with Crippen LogP contribution >= 0.6 is 0 Å². The standard InChI is InChI=1S/C9H10N2Se/c1-5-3-7-8(4-6(5)2)12-9(10)11-7/h3-4H,1-2H3,(H2,10,11). The Morgan fingerprint density at radius 3 is 2.67 bits per heavy atom. The summed E-state index contributed by atoms with van der Waals surface area (Å²) in [5, 5.41) is 0. The summed E-state index contributed by atoms with van der Waals surface area (Å²) < 4.78 is 2.12. The van der Waals surface area contributed by atoms with Crippen molar-refractivity contribution < 1.29 is 0 Å². The zero-order valence-corrected chi connectivity index (χ0v) is 8.80. The van der Waals surface area contributed by atoms with Gasteiger partial charge in [0.2, 0.25) is 0 Å². The Morgan fingerprint density at radius 1 is 1.25 bits per heavy atom. The summed E-state index contributed by atoms with van der Waals surface area (Å²) in [6, 6.07) is 4.32. The minimum absolute atomic E-state index is 0.272. The Hall–Kier alpha value is -0.791. The van der Waals surface area contributed by atoms with Gasteiger partial charge in [-0.25, -0.2) is 0 Å². The summed E-state index contributed by atoms with van der Waals surface area (Å²) in [7, 11) is 0. The van der Waals surface area contributed by atoms with Crippen LogP contribution in [0, 0.1) is 13.8 Å². The molecule has 0 spiro atoms. The number of anilines is 1. The number of hydrogen-bond acceptors (Lipinski definition) is 2. The fourth-order valence-corrected chi connectivity index (χ4v) is 2.91. The maximum atomic E-state index is 5.66. The van der Waals surface area contributed by atoms with Crippen molar-refractivity contribution in [3.05, 3.63) is 23.3 Å². The van der Waals surface area contributed by atoms with Crippen LogP contribution in [0.4, 0.5) is 4.69 Å². The molecule has 12 heavy (non-hydrogen) atoms. The SMILES string of the molecule is Cc1cc2nc(N)[se]c2cc1C. The maximum absolute atomic E-state index is 5.66. The van der Waals surface area contributed by atoms with Crippen molar-refractivity contribution in [2.75, 3.05) is 5.73 Å². The number of fused-ring (bicyclic) bond motifs is 1. The summed E-state index contributed by atoms with van der Waals surface area (Å²) >= 11 is 0.272. The van der Waals surface area contributed by atoms with Crippen molar-refractivity contribution >= 4 is 29.0 Å².